The molecule has 1 unspecified atom stereocenters. The Labute approximate surface area is 224 Å². The molecule has 2 aromatic carbocycles. The fourth-order valence-electron chi connectivity index (χ4n) is 4.10. The second-order valence-electron chi connectivity index (χ2n) is 8.69. The topological polar surface area (TPSA) is 109 Å². The van der Waals surface area contributed by atoms with Gasteiger partial charge in [0.25, 0.3) is 5.78 Å². The number of amides is 1. The highest BCUT2D eigenvalue weighted by atomic mass is 32.1. The average Bonchev–Trinajstić information content (AvgIpc) is 3.43. The van der Waals surface area contributed by atoms with Crippen molar-refractivity contribution in [2.75, 3.05) is 37.6 Å². The number of rotatable bonds is 8. The molecule has 9 nitrogen and oxygen atoms in total. The molecule has 4 rings (SSSR count). The summed E-state index contributed by atoms with van der Waals surface area (Å²) in [5, 5.41) is 11.5. The van der Waals surface area contributed by atoms with Crippen molar-refractivity contribution in [2.24, 2.45) is 0 Å². The zero-order valence-electron chi connectivity index (χ0n) is 21.4. The maximum Gasteiger partial charge on any atom is 0.350 e. The van der Waals surface area contributed by atoms with E-state index in [2.05, 4.69) is 11.6 Å². The van der Waals surface area contributed by atoms with E-state index in [0.717, 1.165) is 17.0 Å². The van der Waals surface area contributed by atoms with Gasteiger partial charge in [0.15, 0.2) is 5.13 Å². The number of anilines is 2. The number of aryl methyl sites for hydroxylation is 1. The third-order valence-electron chi connectivity index (χ3n) is 6.02. The summed E-state index contributed by atoms with van der Waals surface area (Å²) in [4.78, 5) is 47.2. The summed E-state index contributed by atoms with van der Waals surface area (Å²) in [6.07, 6.45) is 1.45. The first-order chi connectivity index (χ1) is 18.2. The Morgan fingerprint density at radius 2 is 1.92 bits per heavy atom. The van der Waals surface area contributed by atoms with Crippen molar-refractivity contribution >= 4 is 45.6 Å². The molecular formula is C28H27N3O6S. The van der Waals surface area contributed by atoms with Crippen molar-refractivity contribution in [1.29, 1.82) is 0 Å². The number of ketones is 1. The van der Waals surface area contributed by atoms with E-state index in [4.69, 9.17) is 9.47 Å². The monoisotopic (exact) mass is 533 g/mol. The van der Waals surface area contributed by atoms with Crippen LogP contribution in [0.1, 0.15) is 32.5 Å². The molecule has 3 aromatic rings. The number of ether oxygens (including phenoxy) is 2. The zero-order valence-corrected chi connectivity index (χ0v) is 22.2. The van der Waals surface area contributed by atoms with Gasteiger partial charge in [-0.3, -0.25) is 14.5 Å². The van der Waals surface area contributed by atoms with E-state index in [0.29, 0.717) is 22.6 Å². The maximum absolute atomic E-state index is 13.4. The fraction of sp³-hybridized carbons (Fsp3) is 0.214. The average molecular weight is 534 g/mol. The van der Waals surface area contributed by atoms with Gasteiger partial charge >= 0.3 is 11.9 Å². The van der Waals surface area contributed by atoms with Crippen LogP contribution in [0, 0.1) is 6.92 Å². The molecule has 1 aromatic heterocycles. The Morgan fingerprint density at radius 1 is 1.21 bits per heavy atom. The molecule has 0 bridgehead atoms. The van der Waals surface area contributed by atoms with E-state index in [1.54, 1.807) is 43.3 Å². The number of nitrogens with zero attached hydrogens (tertiary/aromatic N) is 3. The first kappa shape index (κ1) is 26.6. The molecule has 1 fully saturated rings. The van der Waals surface area contributed by atoms with Crippen molar-refractivity contribution in [1.82, 2.24) is 4.98 Å². The minimum Gasteiger partial charge on any atom is -0.507 e. The van der Waals surface area contributed by atoms with Crippen LogP contribution in [0.5, 0.6) is 5.75 Å². The van der Waals surface area contributed by atoms with Crippen LogP contribution in [0.15, 0.2) is 66.8 Å². The smallest absolute Gasteiger partial charge is 0.350 e. The number of carbonyl (C=O) groups excluding carboxylic acids is 3. The molecule has 1 saturated heterocycles. The lowest BCUT2D eigenvalue weighted by Gasteiger charge is -2.23. The summed E-state index contributed by atoms with van der Waals surface area (Å²) in [6, 6.07) is 12.9. The Bertz CT molecular complexity index is 1440. The minimum atomic E-state index is -0.986. The summed E-state index contributed by atoms with van der Waals surface area (Å²) >= 11 is 0.944. The number of esters is 1. The van der Waals surface area contributed by atoms with Gasteiger partial charge in [-0.1, -0.05) is 48.3 Å². The first-order valence-corrected chi connectivity index (χ1v) is 12.5. The highest BCUT2D eigenvalue weighted by Gasteiger charge is 2.48. The lowest BCUT2D eigenvalue weighted by atomic mass is 9.95. The predicted molar refractivity (Wildman–Crippen MR) is 146 cm³/mol. The lowest BCUT2D eigenvalue weighted by Crippen LogP contribution is -2.29. The van der Waals surface area contributed by atoms with Crippen LogP contribution >= 0.6 is 11.3 Å². The molecular weight excluding hydrogens is 506 g/mol. The Morgan fingerprint density at radius 3 is 2.55 bits per heavy atom. The van der Waals surface area contributed by atoms with E-state index in [9.17, 15) is 19.5 Å². The van der Waals surface area contributed by atoms with Gasteiger partial charge in [-0.15, -0.1) is 0 Å². The van der Waals surface area contributed by atoms with Crippen LogP contribution in [0.2, 0.25) is 0 Å². The normalized spacial score (nSPS) is 16.4. The molecule has 196 valence electrons. The number of hydrogen-bond donors (Lipinski definition) is 1. The molecule has 1 atom stereocenters. The second-order valence-corrected chi connectivity index (χ2v) is 9.66. The number of carbonyl (C=O) groups is 3. The van der Waals surface area contributed by atoms with E-state index in [-0.39, 0.29) is 27.9 Å². The van der Waals surface area contributed by atoms with Crippen LogP contribution in [0.4, 0.5) is 10.8 Å². The Balaban J connectivity index is 1.89. The zero-order chi connectivity index (χ0) is 27.6. The number of aromatic nitrogens is 1. The van der Waals surface area contributed by atoms with Gasteiger partial charge in [0.2, 0.25) is 0 Å². The number of hydrogen-bond acceptors (Lipinski definition) is 9. The lowest BCUT2D eigenvalue weighted by molar-refractivity contribution is -0.132. The van der Waals surface area contributed by atoms with Crippen molar-refractivity contribution in [3.8, 4) is 5.75 Å². The minimum absolute atomic E-state index is 0.0226. The van der Waals surface area contributed by atoms with Gasteiger partial charge in [0.05, 0.1) is 24.4 Å². The predicted octanol–water partition coefficient (Wildman–Crippen LogP) is 4.50. The first-order valence-electron chi connectivity index (χ1n) is 11.7. The van der Waals surface area contributed by atoms with Crippen molar-refractivity contribution < 1.29 is 29.0 Å². The maximum atomic E-state index is 13.4. The van der Waals surface area contributed by atoms with Gasteiger partial charge in [0, 0.05) is 25.3 Å². The van der Waals surface area contributed by atoms with Crippen molar-refractivity contribution in [3.63, 3.8) is 0 Å². The largest absolute Gasteiger partial charge is 0.507 e. The van der Waals surface area contributed by atoms with E-state index >= 15 is 0 Å². The van der Waals surface area contributed by atoms with Gasteiger partial charge < -0.3 is 19.5 Å². The van der Waals surface area contributed by atoms with Crippen LogP contribution < -0.4 is 14.5 Å². The van der Waals surface area contributed by atoms with E-state index in [1.807, 2.05) is 31.1 Å². The highest BCUT2D eigenvalue weighted by Crippen LogP contribution is 2.44. The number of Topliss-reactive ketones (excluding diaryl/α,β-unsaturated/α-hetero) is 1. The Kier molecular flexibility index (Phi) is 7.63. The number of aliphatic hydroxyl groups excluding tert-OH is 1. The molecule has 1 N–H and O–H groups in total. The molecule has 1 amide bonds. The van der Waals surface area contributed by atoms with Crippen LogP contribution in [0.25, 0.3) is 5.76 Å². The molecule has 0 saturated carbocycles. The summed E-state index contributed by atoms with van der Waals surface area (Å²) < 4.78 is 10.4. The summed E-state index contributed by atoms with van der Waals surface area (Å²) in [6.45, 7) is 5.18. The number of thiazole rings is 1. The SMILES string of the molecule is C=CCOC(=O)c1sc(N2C(=O)C(=O)C(=C(O)c3cccc(OC)c3)C2c2ccc(N(C)C)cc2)nc1C. The van der Waals surface area contributed by atoms with Gasteiger partial charge in [-0.05, 0) is 36.8 Å². The fourth-order valence-corrected chi connectivity index (χ4v) is 5.09. The molecule has 1 aliphatic rings. The highest BCUT2D eigenvalue weighted by molar-refractivity contribution is 7.17. The van der Waals surface area contributed by atoms with E-state index < -0.39 is 23.7 Å². The van der Waals surface area contributed by atoms with Crippen molar-refractivity contribution in [2.45, 2.75) is 13.0 Å². The van der Waals surface area contributed by atoms with Crippen LogP contribution in [-0.2, 0) is 14.3 Å². The molecule has 0 radical (unpaired) electrons. The van der Waals surface area contributed by atoms with Crippen LogP contribution in [0.3, 0.4) is 0 Å². The molecule has 0 aliphatic carbocycles. The number of methoxy groups -OCH3 is 1. The summed E-state index contributed by atoms with van der Waals surface area (Å²) in [5.41, 5.74) is 2.08. The summed E-state index contributed by atoms with van der Waals surface area (Å²) in [5.74, 6) is -2.20. The van der Waals surface area contributed by atoms with Gasteiger partial charge in [-0.2, -0.15) is 0 Å². The van der Waals surface area contributed by atoms with Gasteiger partial charge in [-0.25, -0.2) is 9.78 Å². The third-order valence-corrected chi connectivity index (χ3v) is 7.16. The second kappa shape index (κ2) is 10.9. The number of benzene rings is 2. The standard InChI is InChI=1S/C28H27N3O6S/c1-6-14-37-27(35)25-16(2)29-28(38-25)31-22(17-10-12-19(13-11-17)30(3)4)21(24(33)26(31)34)23(32)18-8-7-9-20(15-18)36-5/h6-13,15,22,32H,1,14H2,2-5H3. The molecule has 38 heavy (non-hydrogen) atoms. The third kappa shape index (κ3) is 4.90. The molecule has 2 heterocycles. The summed E-state index contributed by atoms with van der Waals surface area (Å²) in [7, 11) is 5.29. The van der Waals surface area contributed by atoms with Crippen molar-refractivity contribution in [3.05, 3.63) is 88.5 Å². The van der Waals surface area contributed by atoms with Gasteiger partial charge in [0.1, 0.15) is 23.0 Å². The molecule has 0 spiro atoms. The Hall–Kier alpha value is -4.44. The van der Waals surface area contributed by atoms with Crippen LogP contribution in [-0.4, -0.2) is 55.6 Å². The van der Waals surface area contributed by atoms with E-state index in [1.165, 1.54) is 18.1 Å². The quantitative estimate of drug-likeness (QED) is 0.148. The molecule has 1 aliphatic heterocycles. The number of aliphatic hydroxyl groups is 1. The molecule has 10 heteroatoms.